The summed E-state index contributed by atoms with van der Waals surface area (Å²) >= 11 is 4.99. The van der Waals surface area contributed by atoms with E-state index in [-0.39, 0.29) is 11.2 Å². The van der Waals surface area contributed by atoms with Crippen molar-refractivity contribution in [2.75, 3.05) is 10.6 Å². The van der Waals surface area contributed by atoms with E-state index in [4.69, 9.17) is 12.2 Å². The summed E-state index contributed by atoms with van der Waals surface area (Å²) in [5.74, 6) is -6.11. The van der Waals surface area contributed by atoms with Crippen LogP contribution in [0.15, 0.2) is 48.5 Å². The number of rotatable bonds is 2. The second-order valence-corrected chi connectivity index (χ2v) is 5.36. The molecule has 0 radical (unpaired) electrons. The molecule has 0 amide bonds. The fourth-order valence-corrected chi connectivity index (χ4v) is 2.50. The molecule has 2 nitrogen and oxygen atoms in total. The molecule has 24 heavy (non-hydrogen) atoms. The van der Waals surface area contributed by atoms with E-state index in [2.05, 4.69) is 10.6 Å². The molecule has 0 fully saturated rings. The van der Waals surface area contributed by atoms with Crippen LogP contribution in [0.5, 0.6) is 0 Å². The van der Waals surface area contributed by atoms with E-state index >= 15 is 0 Å². The Morgan fingerprint density at radius 2 is 1.42 bits per heavy atom. The summed E-state index contributed by atoms with van der Waals surface area (Å²) in [5.41, 5.74) is -0.395. The lowest BCUT2D eigenvalue weighted by molar-refractivity contribution is 0.459. The Labute approximate surface area is 140 Å². The Bertz CT molecular complexity index is 912. The molecule has 0 aromatic heterocycles. The van der Waals surface area contributed by atoms with Crippen LogP contribution >= 0.6 is 12.2 Å². The second-order valence-electron chi connectivity index (χ2n) is 4.95. The van der Waals surface area contributed by atoms with Gasteiger partial charge < -0.3 is 10.6 Å². The minimum Gasteiger partial charge on any atom is -0.332 e. The van der Waals surface area contributed by atoms with Crippen LogP contribution in [0.1, 0.15) is 0 Å². The van der Waals surface area contributed by atoms with E-state index in [0.29, 0.717) is 5.69 Å². The molecule has 0 heterocycles. The first kappa shape index (κ1) is 16.2. The lowest BCUT2D eigenvalue weighted by Crippen LogP contribution is -2.21. The number of benzene rings is 3. The molecule has 0 saturated carbocycles. The molecule has 0 atom stereocenters. The summed E-state index contributed by atoms with van der Waals surface area (Å²) in [7, 11) is 0. The van der Waals surface area contributed by atoms with Crippen LogP contribution in [0.2, 0.25) is 0 Å². The Hall–Kier alpha value is -2.67. The number of nitrogens with one attached hydrogen (secondary N) is 2. The number of halogens is 4. The molecule has 122 valence electrons. The molecule has 3 rings (SSSR count). The monoisotopic (exact) mass is 350 g/mol. The normalized spacial score (nSPS) is 10.7. The molecule has 0 spiro atoms. The average molecular weight is 350 g/mol. The number of thiocarbonyl (C=S) groups is 1. The molecule has 0 aliphatic heterocycles. The van der Waals surface area contributed by atoms with Crippen molar-refractivity contribution < 1.29 is 17.6 Å². The molecule has 3 aromatic carbocycles. The smallest absolute Gasteiger partial charge is 0.185 e. The molecule has 0 unspecified atom stereocenters. The van der Waals surface area contributed by atoms with E-state index < -0.39 is 29.0 Å². The third-order valence-corrected chi connectivity index (χ3v) is 3.59. The lowest BCUT2D eigenvalue weighted by Gasteiger charge is -2.14. The van der Waals surface area contributed by atoms with Crippen LogP contribution in [0, 0.1) is 23.3 Å². The Morgan fingerprint density at radius 1 is 0.792 bits per heavy atom. The van der Waals surface area contributed by atoms with Crippen molar-refractivity contribution in [3.63, 3.8) is 0 Å². The molecular weight excluding hydrogens is 340 g/mol. The second kappa shape index (κ2) is 6.45. The van der Waals surface area contributed by atoms with Gasteiger partial charge in [-0.3, -0.25) is 0 Å². The summed E-state index contributed by atoms with van der Waals surface area (Å²) in [6.45, 7) is 0. The third kappa shape index (κ3) is 3.03. The largest absolute Gasteiger partial charge is 0.332 e. The molecular formula is C17H10F4N2S. The average Bonchev–Trinajstić information content (AvgIpc) is 2.57. The Morgan fingerprint density at radius 3 is 2.12 bits per heavy atom. The van der Waals surface area contributed by atoms with Gasteiger partial charge in [-0.05, 0) is 23.7 Å². The highest BCUT2D eigenvalue weighted by Gasteiger charge is 2.20. The zero-order valence-corrected chi connectivity index (χ0v) is 12.9. The van der Waals surface area contributed by atoms with Crippen LogP contribution in [-0.2, 0) is 0 Å². The quantitative estimate of drug-likeness (QED) is 0.377. The van der Waals surface area contributed by atoms with Gasteiger partial charge in [0.25, 0.3) is 0 Å². The fourth-order valence-electron chi connectivity index (χ4n) is 2.28. The van der Waals surface area contributed by atoms with Gasteiger partial charge in [-0.25, -0.2) is 17.6 Å². The van der Waals surface area contributed by atoms with Crippen molar-refractivity contribution in [1.82, 2.24) is 0 Å². The molecule has 0 bridgehead atoms. The van der Waals surface area contributed by atoms with Gasteiger partial charge in [0.1, 0.15) is 5.69 Å². The van der Waals surface area contributed by atoms with Gasteiger partial charge in [-0.1, -0.05) is 36.4 Å². The van der Waals surface area contributed by atoms with Crippen molar-refractivity contribution >= 4 is 39.5 Å². The predicted octanol–water partition coefficient (Wildman–Crippen LogP) is 5.21. The van der Waals surface area contributed by atoms with Crippen molar-refractivity contribution in [2.45, 2.75) is 0 Å². The summed E-state index contributed by atoms with van der Waals surface area (Å²) in [5, 5.41) is 6.49. The summed E-state index contributed by atoms with van der Waals surface area (Å²) in [6.07, 6.45) is 0. The number of anilines is 2. The van der Waals surface area contributed by atoms with Crippen LogP contribution < -0.4 is 10.6 Å². The van der Waals surface area contributed by atoms with Gasteiger partial charge in [0.15, 0.2) is 28.4 Å². The summed E-state index contributed by atoms with van der Waals surface area (Å²) in [4.78, 5) is 0. The van der Waals surface area contributed by atoms with Crippen molar-refractivity contribution in [3.8, 4) is 0 Å². The van der Waals surface area contributed by atoms with Crippen LogP contribution in [0.3, 0.4) is 0 Å². The minimum atomic E-state index is -1.55. The fraction of sp³-hybridized carbons (Fsp3) is 0. The Kier molecular flexibility index (Phi) is 4.35. The van der Waals surface area contributed by atoms with Crippen LogP contribution in [0.25, 0.3) is 10.8 Å². The van der Waals surface area contributed by atoms with Gasteiger partial charge in [-0.2, -0.15) is 0 Å². The maximum atomic E-state index is 13.7. The highest BCUT2D eigenvalue weighted by atomic mass is 32.1. The zero-order valence-electron chi connectivity index (χ0n) is 12.0. The first-order valence-corrected chi connectivity index (χ1v) is 7.27. The van der Waals surface area contributed by atoms with Gasteiger partial charge in [0, 0.05) is 17.1 Å². The van der Waals surface area contributed by atoms with Crippen molar-refractivity contribution in [3.05, 3.63) is 71.8 Å². The van der Waals surface area contributed by atoms with Gasteiger partial charge in [0.05, 0.1) is 0 Å². The molecule has 3 aromatic rings. The van der Waals surface area contributed by atoms with Gasteiger partial charge in [-0.15, -0.1) is 0 Å². The van der Waals surface area contributed by atoms with E-state index in [1.165, 1.54) is 0 Å². The first-order chi connectivity index (χ1) is 11.5. The first-order valence-electron chi connectivity index (χ1n) is 6.86. The molecule has 7 heteroatoms. The number of fused-ring (bicyclic) bond motifs is 1. The molecule has 0 aliphatic rings. The maximum Gasteiger partial charge on any atom is 0.185 e. The zero-order chi connectivity index (χ0) is 17.3. The molecule has 2 N–H and O–H groups in total. The molecule has 0 saturated heterocycles. The van der Waals surface area contributed by atoms with Gasteiger partial charge in [0.2, 0.25) is 0 Å². The summed E-state index contributed by atoms with van der Waals surface area (Å²) < 4.78 is 53.8. The topological polar surface area (TPSA) is 24.1 Å². The highest BCUT2D eigenvalue weighted by molar-refractivity contribution is 7.80. The standard InChI is InChI=1S/C17H10F4N2S/c18-11-8-12(19)15(21)16(14(11)20)23-17(24)22-13-7-3-5-9-4-1-2-6-10(9)13/h1-8H,(H2,22,23,24). The van der Waals surface area contributed by atoms with Crippen molar-refractivity contribution in [2.24, 2.45) is 0 Å². The minimum absolute atomic E-state index is 0.136. The highest BCUT2D eigenvalue weighted by Crippen LogP contribution is 2.26. The lowest BCUT2D eigenvalue weighted by atomic mass is 10.1. The van der Waals surface area contributed by atoms with Gasteiger partial charge >= 0.3 is 0 Å². The van der Waals surface area contributed by atoms with E-state index in [0.717, 1.165) is 10.8 Å². The Balaban J connectivity index is 1.89. The van der Waals surface area contributed by atoms with E-state index in [9.17, 15) is 17.6 Å². The summed E-state index contributed by atoms with van der Waals surface area (Å²) in [6, 6.07) is 12.9. The predicted molar refractivity (Wildman–Crippen MR) is 90.1 cm³/mol. The number of hydrogen-bond acceptors (Lipinski definition) is 1. The molecule has 0 aliphatic carbocycles. The third-order valence-electron chi connectivity index (χ3n) is 3.39. The van der Waals surface area contributed by atoms with E-state index in [1.807, 2.05) is 30.3 Å². The van der Waals surface area contributed by atoms with E-state index in [1.54, 1.807) is 12.1 Å². The maximum absolute atomic E-state index is 13.7. The van der Waals surface area contributed by atoms with Crippen molar-refractivity contribution in [1.29, 1.82) is 0 Å². The number of hydrogen-bond donors (Lipinski definition) is 2. The SMILES string of the molecule is Fc1cc(F)c(F)c(NC(=S)Nc2cccc3ccccc23)c1F. The van der Waals surface area contributed by atoms with Crippen LogP contribution in [-0.4, -0.2) is 5.11 Å². The van der Waals surface area contributed by atoms with Crippen LogP contribution in [0.4, 0.5) is 28.9 Å².